The summed E-state index contributed by atoms with van der Waals surface area (Å²) in [6.45, 7) is 3.42. The Morgan fingerprint density at radius 1 is 1.22 bits per heavy atom. The fourth-order valence-corrected chi connectivity index (χ4v) is 2.64. The van der Waals surface area contributed by atoms with Crippen LogP contribution in [0.4, 0.5) is 5.69 Å². The van der Waals surface area contributed by atoms with Crippen molar-refractivity contribution < 1.29 is 19.3 Å². The van der Waals surface area contributed by atoms with Crippen molar-refractivity contribution in [2.24, 2.45) is 0 Å². The van der Waals surface area contributed by atoms with Gasteiger partial charge in [0.05, 0.1) is 11.5 Å². The summed E-state index contributed by atoms with van der Waals surface area (Å²) in [6, 6.07) is 4.37. The van der Waals surface area contributed by atoms with Crippen LogP contribution in [0, 0.1) is 10.1 Å². The third-order valence-corrected chi connectivity index (χ3v) is 4.07. The van der Waals surface area contributed by atoms with E-state index in [4.69, 9.17) is 0 Å². The van der Waals surface area contributed by atoms with E-state index in [1.165, 1.54) is 30.0 Å². The standard InChI is InChI=1S/C17H24N4O5S/c1-11(2)19-15(22)10-18-17(24)14(7-8-27-3)20-16(23)12-5-4-6-13(9-12)21(25)26/h4-6,9,11,14H,7-8,10H2,1-3H3,(H,18,24)(H,19,22)(H,20,23)/t14-/m0/s1. The molecule has 0 radical (unpaired) electrons. The molecule has 1 aromatic carbocycles. The quantitative estimate of drug-likeness (QED) is 0.401. The average Bonchev–Trinajstić information content (AvgIpc) is 2.62. The Bertz CT molecular complexity index is 696. The van der Waals surface area contributed by atoms with Crippen LogP contribution < -0.4 is 16.0 Å². The average molecular weight is 396 g/mol. The minimum atomic E-state index is -0.851. The molecule has 1 rings (SSSR count). The molecule has 0 spiro atoms. The number of hydrogen-bond donors (Lipinski definition) is 3. The van der Waals surface area contributed by atoms with E-state index >= 15 is 0 Å². The number of non-ortho nitro benzene ring substituents is 1. The number of hydrogen-bond acceptors (Lipinski definition) is 6. The minimum absolute atomic E-state index is 0.0461. The molecule has 148 valence electrons. The van der Waals surface area contributed by atoms with E-state index in [1.54, 1.807) is 13.8 Å². The minimum Gasteiger partial charge on any atom is -0.352 e. The van der Waals surface area contributed by atoms with E-state index in [9.17, 15) is 24.5 Å². The number of rotatable bonds is 10. The molecule has 0 aromatic heterocycles. The van der Waals surface area contributed by atoms with Crippen molar-refractivity contribution in [3.63, 3.8) is 0 Å². The van der Waals surface area contributed by atoms with Crippen molar-refractivity contribution in [2.45, 2.75) is 32.4 Å². The second kappa shape index (κ2) is 11.2. The lowest BCUT2D eigenvalue weighted by atomic mass is 10.1. The molecule has 0 unspecified atom stereocenters. The maximum absolute atomic E-state index is 12.4. The van der Waals surface area contributed by atoms with Gasteiger partial charge in [0.15, 0.2) is 0 Å². The van der Waals surface area contributed by atoms with Gasteiger partial charge in [-0.2, -0.15) is 11.8 Å². The maximum atomic E-state index is 12.4. The number of carbonyl (C=O) groups is 3. The topological polar surface area (TPSA) is 130 Å². The van der Waals surface area contributed by atoms with Gasteiger partial charge in [-0.25, -0.2) is 0 Å². The summed E-state index contributed by atoms with van der Waals surface area (Å²) < 4.78 is 0. The number of nitrogens with one attached hydrogen (secondary N) is 3. The summed E-state index contributed by atoms with van der Waals surface area (Å²) in [7, 11) is 0. The van der Waals surface area contributed by atoms with Gasteiger partial charge < -0.3 is 16.0 Å². The Balaban J connectivity index is 2.76. The van der Waals surface area contributed by atoms with Crippen LogP contribution in [0.2, 0.25) is 0 Å². The zero-order valence-electron chi connectivity index (χ0n) is 15.5. The first kappa shape index (κ1) is 22.4. The highest BCUT2D eigenvalue weighted by Gasteiger charge is 2.22. The molecule has 1 aromatic rings. The Morgan fingerprint density at radius 2 is 1.93 bits per heavy atom. The summed E-state index contributed by atoms with van der Waals surface area (Å²) >= 11 is 1.51. The molecule has 9 nitrogen and oxygen atoms in total. The Kier molecular flexibility index (Phi) is 9.27. The van der Waals surface area contributed by atoms with Gasteiger partial charge in [0.1, 0.15) is 6.04 Å². The highest BCUT2D eigenvalue weighted by Crippen LogP contribution is 2.13. The molecule has 0 fully saturated rings. The normalized spacial score (nSPS) is 11.6. The predicted molar refractivity (Wildman–Crippen MR) is 104 cm³/mol. The number of benzene rings is 1. The fraction of sp³-hybridized carbons (Fsp3) is 0.471. The molecule has 3 N–H and O–H groups in total. The van der Waals surface area contributed by atoms with E-state index in [2.05, 4.69) is 16.0 Å². The summed E-state index contributed by atoms with van der Waals surface area (Å²) in [4.78, 5) is 46.6. The smallest absolute Gasteiger partial charge is 0.270 e. The van der Waals surface area contributed by atoms with Crippen LogP contribution in [-0.4, -0.2) is 53.3 Å². The Hall–Kier alpha value is -2.62. The molecule has 0 heterocycles. The molecule has 0 saturated heterocycles. The number of carbonyl (C=O) groups excluding carboxylic acids is 3. The Morgan fingerprint density at radius 3 is 2.52 bits per heavy atom. The van der Waals surface area contributed by atoms with E-state index in [0.29, 0.717) is 12.2 Å². The van der Waals surface area contributed by atoms with E-state index in [-0.39, 0.29) is 29.7 Å². The number of nitro groups is 1. The van der Waals surface area contributed by atoms with Crippen LogP contribution in [-0.2, 0) is 9.59 Å². The molecular weight excluding hydrogens is 372 g/mol. The lowest BCUT2D eigenvalue weighted by Crippen LogP contribution is -2.49. The molecule has 27 heavy (non-hydrogen) atoms. The Labute approximate surface area is 161 Å². The zero-order valence-corrected chi connectivity index (χ0v) is 16.3. The second-order valence-corrected chi connectivity index (χ2v) is 7.04. The van der Waals surface area contributed by atoms with Crippen LogP contribution >= 0.6 is 11.8 Å². The van der Waals surface area contributed by atoms with Gasteiger partial charge in [0.2, 0.25) is 11.8 Å². The van der Waals surface area contributed by atoms with E-state index in [0.717, 1.165) is 6.07 Å². The van der Waals surface area contributed by atoms with Gasteiger partial charge in [-0.3, -0.25) is 24.5 Å². The van der Waals surface area contributed by atoms with Gasteiger partial charge in [-0.15, -0.1) is 0 Å². The summed E-state index contributed by atoms with van der Waals surface area (Å²) in [6.07, 6.45) is 2.23. The molecule has 1 atom stereocenters. The van der Waals surface area contributed by atoms with Crippen molar-refractivity contribution in [1.82, 2.24) is 16.0 Å². The van der Waals surface area contributed by atoms with Gasteiger partial charge >= 0.3 is 0 Å². The molecule has 0 bridgehead atoms. The molecule has 0 aliphatic heterocycles. The van der Waals surface area contributed by atoms with Gasteiger partial charge in [0, 0.05) is 23.7 Å². The van der Waals surface area contributed by atoms with Crippen molar-refractivity contribution in [3.05, 3.63) is 39.9 Å². The SMILES string of the molecule is CSCC[C@H](NC(=O)c1cccc([N+](=O)[O-])c1)C(=O)NCC(=O)NC(C)C. The zero-order chi connectivity index (χ0) is 20.4. The summed E-state index contributed by atoms with van der Waals surface area (Å²) in [5.41, 5.74) is -0.123. The third-order valence-electron chi connectivity index (χ3n) is 3.42. The molecule has 0 aliphatic carbocycles. The van der Waals surface area contributed by atoms with Gasteiger partial charge in [-0.05, 0) is 38.3 Å². The highest BCUT2D eigenvalue weighted by atomic mass is 32.2. The third kappa shape index (κ3) is 8.07. The van der Waals surface area contributed by atoms with Crippen LogP contribution in [0.15, 0.2) is 24.3 Å². The molecule has 3 amide bonds. The van der Waals surface area contributed by atoms with Crippen LogP contribution in [0.25, 0.3) is 0 Å². The number of nitrogens with zero attached hydrogens (tertiary/aromatic N) is 1. The van der Waals surface area contributed by atoms with E-state index < -0.39 is 22.8 Å². The predicted octanol–water partition coefficient (Wildman–Crippen LogP) is 1.09. The van der Waals surface area contributed by atoms with E-state index in [1.807, 2.05) is 6.26 Å². The molecular formula is C17H24N4O5S. The van der Waals surface area contributed by atoms with Crippen LogP contribution in [0.5, 0.6) is 0 Å². The van der Waals surface area contributed by atoms with Gasteiger partial charge in [0.25, 0.3) is 11.6 Å². The molecule has 0 saturated carbocycles. The van der Waals surface area contributed by atoms with Crippen LogP contribution in [0.3, 0.4) is 0 Å². The fourth-order valence-electron chi connectivity index (χ4n) is 2.17. The van der Waals surface area contributed by atoms with Crippen LogP contribution in [0.1, 0.15) is 30.6 Å². The summed E-state index contributed by atoms with van der Waals surface area (Å²) in [5.74, 6) is -0.786. The first-order valence-electron chi connectivity index (χ1n) is 8.36. The lowest BCUT2D eigenvalue weighted by molar-refractivity contribution is -0.384. The maximum Gasteiger partial charge on any atom is 0.270 e. The first-order valence-corrected chi connectivity index (χ1v) is 9.75. The number of nitro benzene ring substituents is 1. The van der Waals surface area contributed by atoms with Crippen molar-refractivity contribution in [3.8, 4) is 0 Å². The number of amides is 3. The van der Waals surface area contributed by atoms with Gasteiger partial charge in [-0.1, -0.05) is 6.07 Å². The molecule has 0 aliphatic rings. The summed E-state index contributed by atoms with van der Waals surface area (Å²) in [5, 5.41) is 18.6. The largest absolute Gasteiger partial charge is 0.352 e. The number of thioether (sulfide) groups is 1. The van der Waals surface area contributed by atoms with Crippen molar-refractivity contribution >= 4 is 35.2 Å². The second-order valence-electron chi connectivity index (χ2n) is 6.05. The first-order chi connectivity index (χ1) is 12.7. The van der Waals surface area contributed by atoms with Crippen molar-refractivity contribution in [2.75, 3.05) is 18.6 Å². The lowest BCUT2D eigenvalue weighted by Gasteiger charge is -2.18. The van der Waals surface area contributed by atoms with Crippen molar-refractivity contribution in [1.29, 1.82) is 0 Å². The highest BCUT2D eigenvalue weighted by molar-refractivity contribution is 7.98. The monoisotopic (exact) mass is 396 g/mol. The molecule has 10 heteroatoms.